The van der Waals surface area contributed by atoms with Gasteiger partial charge in [0.2, 0.25) is 17.7 Å². The molecule has 2 rings (SSSR count). The van der Waals surface area contributed by atoms with Gasteiger partial charge < -0.3 is 20.8 Å². The minimum absolute atomic E-state index is 0. The highest BCUT2D eigenvalue weighted by Gasteiger charge is 2.21. The van der Waals surface area contributed by atoms with Crippen molar-refractivity contribution in [1.29, 1.82) is 0 Å². The van der Waals surface area contributed by atoms with Gasteiger partial charge in [-0.15, -0.1) is 12.4 Å². The summed E-state index contributed by atoms with van der Waals surface area (Å²) < 4.78 is 5.73. The first-order chi connectivity index (χ1) is 11.6. The first kappa shape index (κ1) is 21.9. The number of nitrogens with one attached hydrogen (secondary N) is 2. The summed E-state index contributed by atoms with van der Waals surface area (Å²) in [6, 6.07) is 4.61. The molecule has 0 aliphatic carbocycles. The standard InChI is InChI=1S/C18H26N4O3.ClH/c1-10(2)15(19)16(24)20-9-14(23)21-11-6-7-13-12(8-11)22-17(25-13)18(3,4)5;/h6-8,10,15H,9,19H2,1-5H3,(H,20,24)(H,21,23);1H/t15-;/m0./s1. The lowest BCUT2D eigenvalue weighted by atomic mass is 9.97. The molecule has 4 N–H and O–H groups in total. The topological polar surface area (TPSA) is 110 Å². The third-order valence-electron chi connectivity index (χ3n) is 3.76. The number of benzene rings is 1. The molecule has 144 valence electrons. The summed E-state index contributed by atoms with van der Waals surface area (Å²) in [5.74, 6) is -0.0225. The monoisotopic (exact) mass is 382 g/mol. The van der Waals surface area contributed by atoms with Gasteiger partial charge in [0.25, 0.3) is 0 Å². The van der Waals surface area contributed by atoms with Crippen molar-refractivity contribution in [2.45, 2.75) is 46.1 Å². The molecule has 1 atom stereocenters. The molecule has 0 radical (unpaired) electrons. The average Bonchev–Trinajstić information content (AvgIpc) is 2.95. The third kappa shape index (κ3) is 5.44. The summed E-state index contributed by atoms with van der Waals surface area (Å²) in [6.07, 6.45) is 0. The molecule has 1 aromatic carbocycles. The van der Waals surface area contributed by atoms with Crippen molar-refractivity contribution in [2.24, 2.45) is 11.7 Å². The molecule has 2 aromatic rings. The summed E-state index contributed by atoms with van der Waals surface area (Å²) in [6.45, 7) is 9.62. The molecule has 2 amide bonds. The van der Waals surface area contributed by atoms with Gasteiger partial charge in [-0.3, -0.25) is 9.59 Å². The Labute approximate surface area is 159 Å². The second-order valence-corrected chi connectivity index (χ2v) is 7.49. The number of nitrogens with two attached hydrogens (primary N) is 1. The molecular formula is C18H27ClN4O3. The Morgan fingerprint density at radius 1 is 1.27 bits per heavy atom. The minimum Gasteiger partial charge on any atom is -0.440 e. The Bertz CT molecular complexity index is 780. The lowest BCUT2D eigenvalue weighted by Gasteiger charge is -2.15. The number of hydrogen-bond donors (Lipinski definition) is 3. The molecule has 0 saturated carbocycles. The average molecular weight is 383 g/mol. The maximum Gasteiger partial charge on any atom is 0.243 e. The predicted octanol–water partition coefficient (Wildman–Crippen LogP) is 2.59. The molecule has 0 unspecified atom stereocenters. The summed E-state index contributed by atoms with van der Waals surface area (Å²) in [5, 5.41) is 5.26. The molecule has 0 spiro atoms. The summed E-state index contributed by atoms with van der Waals surface area (Å²) in [4.78, 5) is 28.2. The number of anilines is 1. The van der Waals surface area contributed by atoms with Crippen LogP contribution in [0.1, 0.15) is 40.5 Å². The van der Waals surface area contributed by atoms with Crippen LogP contribution in [0.4, 0.5) is 5.69 Å². The van der Waals surface area contributed by atoms with Crippen LogP contribution in [0.2, 0.25) is 0 Å². The molecular weight excluding hydrogens is 356 g/mol. The fraction of sp³-hybridized carbons (Fsp3) is 0.500. The molecule has 8 heteroatoms. The van der Waals surface area contributed by atoms with E-state index in [1.165, 1.54) is 0 Å². The zero-order chi connectivity index (χ0) is 18.8. The van der Waals surface area contributed by atoms with Gasteiger partial charge in [-0.05, 0) is 24.1 Å². The number of carbonyl (C=O) groups is 2. The van der Waals surface area contributed by atoms with E-state index in [4.69, 9.17) is 10.2 Å². The van der Waals surface area contributed by atoms with Crippen LogP contribution in [0, 0.1) is 5.92 Å². The molecule has 7 nitrogen and oxygen atoms in total. The van der Waals surface area contributed by atoms with E-state index in [9.17, 15) is 9.59 Å². The van der Waals surface area contributed by atoms with Gasteiger partial charge in [-0.25, -0.2) is 4.98 Å². The second kappa shape index (κ2) is 8.51. The van der Waals surface area contributed by atoms with E-state index in [1.807, 2.05) is 34.6 Å². The van der Waals surface area contributed by atoms with Gasteiger partial charge in [0.05, 0.1) is 12.6 Å². The van der Waals surface area contributed by atoms with Crippen molar-refractivity contribution in [1.82, 2.24) is 10.3 Å². The molecule has 1 heterocycles. The Kier molecular flexibility index (Phi) is 7.17. The van der Waals surface area contributed by atoms with Crippen LogP contribution in [-0.4, -0.2) is 29.4 Å². The van der Waals surface area contributed by atoms with E-state index < -0.39 is 6.04 Å². The van der Waals surface area contributed by atoms with Crippen molar-refractivity contribution < 1.29 is 14.0 Å². The van der Waals surface area contributed by atoms with Gasteiger partial charge >= 0.3 is 0 Å². The van der Waals surface area contributed by atoms with E-state index >= 15 is 0 Å². The number of oxazole rings is 1. The van der Waals surface area contributed by atoms with Crippen LogP contribution in [0.15, 0.2) is 22.6 Å². The first-order valence-electron chi connectivity index (χ1n) is 8.32. The Morgan fingerprint density at radius 3 is 2.50 bits per heavy atom. The number of fused-ring (bicyclic) bond motifs is 1. The highest BCUT2D eigenvalue weighted by atomic mass is 35.5. The maximum atomic E-state index is 12.0. The van der Waals surface area contributed by atoms with E-state index in [-0.39, 0.29) is 42.1 Å². The van der Waals surface area contributed by atoms with Crippen LogP contribution >= 0.6 is 12.4 Å². The fourth-order valence-corrected chi connectivity index (χ4v) is 2.12. The number of nitrogens with zero attached hydrogens (tertiary/aromatic N) is 1. The van der Waals surface area contributed by atoms with Gasteiger partial charge in [0.1, 0.15) is 5.52 Å². The number of aromatic nitrogens is 1. The normalized spacial score (nSPS) is 12.6. The Balaban J connectivity index is 0.00000338. The largest absolute Gasteiger partial charge is 0.440 e. The summed E-state index contributed by atoms with van der Waals surface area (Å²) >= 11 is 0. The number of hydrogen-bond acceptors (Lipinski definition) is 5. The number of amides is 2. The quantitative estimate of drug-likeness (QED) is 0.736. The summed E-state index contributed by atoms with van der Waals surface area (Å²) in [7, 11) is 0. The summed E-state index contributed by atoms with van der Waals surface area (Å²) in [5.41, 5.74) is 7.48. The maximum absolute atomic E-state index is 12.0. The SMILES string of the molecule is CC(C)[C@H](N)C(=O)NCC(=O)Nc1ccc2oc(C(C)(C)C)nc2c1.Cl. The highest BCUT2D eigenvalue weighted by Crippen LogP contribution is 2.27. The molecule has 1 aromatic heterocycles. The lowest BCUT2D eigenvalue weighted by molar-refractivity contribution is -0.125. The van der Waals surface area contributed by atoms with Crippen LogP contribution in [0.3, 0.4) is 0 Å². The Hall–Kier alpha value is -2.12. The van der Waals surface area contributed by atoms with E-state index in [0.29, 0.717) is 22.7 Å². The van der Waals surface area contributed by atoms with Crippen molar-refractivity contribution in [3.63, 3.8) is 0 Å². The molecule has 0 aliphatic rings. The van der Waals surface area contributed by atoms with Crippen molar-refractivity contribution >= 4 is 41.0 Å². The van der Waals surface area contributed by atoms with Crippen LogP contribution < -0.4 is 16.4 Å². The lowest BCUT2D eigenvalue weighted by Crippen LogP contribution is -2.46. The van der Waals surface area contributed by atoms with Crippen LogP contribution in [-0.2, 0) is 15.0 Å². The molecule has 0 bridgehead atoms. The third-order valence-corrected chi connectivity index (χ3v) is 3.76. The van der Waals surface area contributed by atoms with Gasteiger partial charge in [-0.2, -0.15) is 0 Å². The Morgan fingerprint density at radius 2 is 1.92 bits per heavy atom. The molecule has 0 saturated heterocycles. The van der Waals surface area contributed by atoms with E-state index in [0.717, 1.165) is 0 Å². The molecule has 0 fully saturated rings. The van der Waals surface area contributed by atoms with E-state index in [2.05, 4.69) is 15.6 Å². The van der Waals surface area contributed by atoms with Gasteiger partial charge in [0.15, 0.2) is 5.58 Å². The first-order valence-corrected chi connectivity index (χ1v) is 8.32. The number of halogens is 1. The highest BCUT2D eigenvalue weighted by molar-refractivity contribution is 5.96. The number of rotatable bonds is 5. The van der Waals surface area contributed by atoms with Crippen molar-refractivity contribution in [3.8, 4) is 0 Å². The van der Waals surface area contributed by atoms with Gasteiger partial charge in [-0.1, -0.05) is 34.6 Å². The minimum atomic E-state index is -0.630. The molecule has 26 heavy (non-hydrogen) atoms. The van der Waals surface area contributed by atoms with Crippen molar-refractivity contribution in [3.05, 3.63) is 24.1 Å². The smallest absolute Gasteiger partial charge is 0.243 e. The van der Waals surface area contributed by atoms with Gasteiger partial charge in [0, 0.05) is 11.1 Å². The predicted molar refractivity (Wildman–Crippen MR) is 104 cm³/mol. The fourth-order valence-electron chi connectivity index (χ4n) is 2.12. The van der Waals surface area contributed by atoms with E-state index in [1.54, 1.807) is 18.2 Å². The van der Waals surface area contributed by atoms with Crippen LogP contribution in [0.5, 0.6) is 0 Å². The number of carbonyl (C=O) groups excluding carboxylic acids is 2. The van der Waals surface area contributed by atoms with Crippen LogP contribution in [0.25, 0.3) is 11.1 Å². The van der Waals surface area contributed by atoms with Crippen molar-refractivity contribution in [2.75, 3.05) is 11.9 Å². The second-order valence-electron chi connectivity index (χ2n) is 7.49. The zero-order valence-electron chi connectivity index (χ0n) is 15.8. The molecule has 0 aliphatic heterocycles. The zero-order valence-corrected chi connectivity index (χ0v) is 16.6.